The maximum Gasteiger partial charge on any atom is 0.0448 e. The Morgan fingerprint density at radius 2 is 2.00 bits per heavy atom. The molecule has 0 unspecified atom stereocenters. The van der Waals surface area contributed by atoms with Gasteiger partial charge in [-0.1, -0.05) is 46.3 Å². The van der Waals surface area contributed by atoms with Crippen LogP contribution in [-0.2, 0) is 6.54 Å². The van der Waals surface area contributed by atoms with Crippen molar-refractivity contribution < 1.29 is 0 Å². The van der Waals surface area contributed by atoms with Crippen LogP contribution < -0.4 is 0 Å². The average molecular weight is 327 g/mol. The highest BCUT2D eigenvalue weighted by Crippen LogP contribution is 2.25. The van der Waals surface area contributed by atoms with E-state index in [0.717, 1.165) is 17.6 Å². The second kappa shape index (κ2) is 6.06. The van der Waals surface area contributed by atoms with Crippen LogP contribution in [0.1, 0.15) is 11.1 Å². The van der Waals surface area contributed by atoms with Crippen LogP contribution in [0.2, 0.25) is 0 Å². The molecule has 1 aliphatic rings. The minimum Gasteiger partial charge on any atom is -0.363 e. The van der Waals surface area contributed by atoms with E-state index in [1.54, 1.807) is 0 Å². The van der Waals surface area contributed by atoms with Gasteiger partial charge in [0.2, 0.25) is 0 Å². The van der Waals surface area contributed by atoms with Crippen molar-refractivity contribution >= 4 is 21.6 Å². The zero-order chi connectivity index (χ0) is 13.8. The lowest BCUT2D eigenvalue weighted by Crippen LogP contribution is -2.23. The molecule has 0 radical (unpaired) electrons. The topological polar surface area (TPSA) is 16.1 Å². The van der Waals surface area contributed by atoms with Gasteiger partial charge >= 0.3 is 0 Å². The van der Waals surface area contributed by atoms with Crippen LogP contribution in [0, 0.1) is 0 Å². The number of rotatable bonds is 3. The van der Waals surface area contributed by atoms with Crippen molar-refractivity contribution in [2.45, 2.75) is 6.54 Å². The molecular formula is C17H15BrN2. The molecule has 0 spiro atoms. The molecule has 0 fully saturated rings. The van der Waals surface area contributed by atoms with Gasteiger partial charge in [-0.15, -0.1) is 0 Å². The van der Waals surface area contributed by atoms with E-state index in [1.165, 1.54) is 16.8 Å². The first-order chi connectivity index (χ1) is 9.83. The lowest BCUT2D eigenvalue weighted by Gasteiger charge is -2.28. The molecule has 20 heavy (non-hydrogen) atoms. The molecule has 0 saturated heterocycles. The number of aromatic nitrogens is 1. The van der Waals surface area contributed by atoms with Gasteiger partial charge in [0.1, 0.15) is 0 Å². The predicted molar refractivity (Wildman–Crippen MR) is 85.9 cm³/mol. The minimum absolute atomic E-state index is 0.875. The lowest BCUT2D eigenvalue weighted by molar-refractivity contribution is 0.428. The molecule has 1 aliphatic heterocycles. The monoisotopic (exact) mass is 326 g/mol. The molecule has 1 aromatic heterocycles. The van der Waals surface area contributed by atoms with Crippen molar-refractivity contribution in [1.29, 1.82) is 0 Å². The molecule has 2 aromatic rings. The van der Waals surface area contributed by atoms with Gasteiger partial charge in [0.15, 0.2) is 0 Å². The normalized spacial score (nSPS) is 14.2. The fourth-order valence-corrected chi connectivity index (χ4v) is 2.58. The zero-order valence-electron chi connectivity index (χ0n) is 11.0. The fourth-order valence-electron chi connectivity index (χ4n) is 2.31. The summed E-state index contributed by atoms with van der Waals surface area (Å²) in [6.45, 7) is 1.80. The standard InChI is InChI=1S/C17H15BrN2/c18-16-8-6-15(7-9-16)17-5-1-2-11-20(17)13-14-4-3-10-19-12-14/h1-10,12H,11,13H2. The van der Waals surface area contributed by atoms with Gasteiger partial charge in [0.05, 0.1) is 0 Å². The van der Waals surface area contributed by atoms with Gasteiger partial charge in [-0.2, -0.15) is 0 Å². The van der Waals surface area contributed by atoms with E-state index in [1.807, 2.05) is 18.5 Å². The highest BCUT2D eigenvalue weighted by Gasteiger charge is 2.13. The van der Waals surface area contributed by atoms with Crippen molar-refractivity contribution in [3.8, 4) is 0 Å². The Hall–Kier alpha value is -1.87. The van der Waals surface area contributed by atoms with Crippen molar-refractivity contribution in [2.75, 3.05) is 6.54 Å². The maximum atomic E-state index is 4.19. The highest BCUT2D eigenvalue weighted by molar-refractivity contribution is 9.10. The molecule has 0 N–H and O–H groups in total. The molecule has 0 bridgehead atoms. The van der Waals surface area contributed by atoms with E-state index in [0.29, 0.717) is 0 Å². The van der Waals surface area contributed by atoms with E-state index in [2.05, 4.69) is 74.4 Å². The van der Waals surface area contributed by atoms with Crippen LogP contribution in [0.15, 0.2) is 71.5 Å². The van der Waals surface area contributed by atoms with Crippen LogP contribution >= 0.6 is 15.9 Å². The summed E-state index contributed by atoms with van der Waals surface area (Å²) < 4.78 is 1.10. The Morgan fingerprint density at radius 3 is 2.75 bits per heavy atom. The third-order valence-electron chi connectivity index (χ3n) is 3.29. The van der Waals surface area contributed by atoms with Gasteiger partial charge < -0.3 is 4.90 Å². The Kier molecular flexibility index (Phi) is 3.97. The molecule has 3 rings (SSSR count). The first-order valence-electron chi connectivity index (χ1n) is 6.59. The largest absolute Gasteiger partial charge is 0.363 e. The number of nitrogens with zero attached hydrogens (tertiary/aromatic N) is 2. The first-order valence-corrected chi connectivity index (χ1v) is 7.39. The van der Waals surface area contributed by atoms with Gasteiger partial charge in [-0.3, -0.25) is 4.98 Å². The molecule has 0 saturated carbocycles. The quantitative estimate of drug-likeness (QED) is 0.837. The van der Waals surface area contributed by atoms with Crippen molar-refractivity contribution in [3.63, 3.8) is 0 Å². The lowest BCUT2D eigenvalue weighted by atomic mass is 10.1. The van der Waals surface area contributed by atoms with E-state index in [9.17, 15) is 0 Å². The average Bonchev–Trinajstić information content (AvgIpc) is 2.50. The highest BCUT2D eigenvalue weighted by atomic mass is 79.9. The predicted octanol–water partition coefficient (Wildman–Crippen LogP) is 4.26. The van der Waals surface area contributed by atoms with E-state index in [-0.39, 0.29) is 0 Å². The summed E-state index contributed by atoms with van der Waals surface area (Å²) in [5, 5.41) is 0. The SMILES string of the molecule is Brc1ccc(C2=CC=CCN2Cc2cccnc2)cc1. The van der Waals surface area contributed by atoms with E-state index in [4.69, 9.17) is 0 Å². The maximum absolute atomic E-state index is 4.19. The van der Waals surface area contributed by atoms with Gasteiger partial charge in [-0.25, -0.2) is 0 Å². The second-order valence-corrected chi connectivity index (χ2v) is 5.64. The third kappa shape index (κ3) is 2.99. The zero-order valence-corrected chi connectivity index (χ0v) is 12.6. The Bertz CT molecular complexity index is 630. The van der Waals surface area contributed by atoms with Gasteiger partial charge in [0, 0.05) is 35.7 Å². The molecule has 3 heteroatoms. The fraction of sp³-hybridized carbons (Fsp3) is 0.118. The summed E-state index contributed by atoms with van der Waals surface area (Å²) in [6, 6.07) is 12.5. The summed E-state index contributed by atoms with van der Waals surface area (Å²) in [5.74, 6) is 0. The summed E-state index contributed by atoms with van der Waals surface area (Å²) in [5.41, 5.74) is 3.72. The Morgan fingerprint density at radius 1 is 1.15 bits per heavy atom. The van der Waals surface area contributed by atoms with Crippen molar-refractivity contribution in [3.05, 3.63) is 82.6 Å². The van der Waals surface area contributed by atoms with Gasteiger partial charge in [-0.05, 0) is 35.4 Å². The molecule has 2 heterocycles. The van der Waals surface area contributed by atoms with E-state index < -0.39 is 0 Å². The number of benzene rings is 1. The molecule has 100 valence electrons. The molecule has 1 aromatic carbocycles. The van der Waals surface area contributed by atoms with Crippen LogP contribution in [-0.4, -0.2) is 16.4 Å². The van der Waals surface area contributed by atoms with Crippen LogP contribution in [0.5, 0.6) is 0 Å². The Balaban J connectivity index is 1.85. The summed E-state index contributed by atoms with van der Waals surface area (Å²) in [7, 11) is 0. The molecular weight excluding hydrogens is 312 g/mol. The second-order valence-electron chi connectivity index (χ2n) is 4.73. The van der Waals surface area contributed by atoms with Crippen LogP contribution in [0.25, 0.3) is 5.70 Å². The summed E-state index contributed by atoms with van der Waals surface area (Å²) in [6.07, 6.45) is 10.2. The number of pyridine rings is 1. The van der Waals surface area contributed by atoms with E-state index >= 15 is 0 Å². The molecule has 2 nitrogen and oxygen atoms in total. The summed E-state index contributed by atoms with van der Waals surface area (Å²) in [4.78, 5) is 6.55. The molecule has 0 aliphatic carbocycles. The number of hydrogen-bond acceptors (Lipinski definition) is 2. The van der Waals surface area contributed by atoms with Crippen molar-refractivity contribution in [1.82, 2.24) is 9.88 Å². The van der Waals surface area contributed by atoms with Crippen molar-refractivity contribution in [2.24, 2.45) is 0 Å². The summed E-state index contributed by atoms with van der Waals surface area (Å²) >= 11 is 3.48. The molecule has 0 amide bonds. The smallest absolute Gasteiger partial charge is 0.0448 e. The number of hydrogen-bond donors (Lipinski definition) is 0. The van der Waals surface area contributed by atoms with Gasteiger partial charge in [0.25, 0.3) is 0 Å². The minimum atomic E-state index is 0.875. The van der Waals surface area contributed by atoms with Crippen LogP contribution in [0.3, 0.4) is 0 Å². The number of halogens is 1. The first kappa shape index (κ1) is 13.1. The van der Waals surface area contributed by atoms with Crippen LogP contribution in [0.4, 0.5) is 0 Å². The number of allylic oxidation sites excluding steroid dienone is 2. The third-order valence-corrected chi connectivity index (χ3v) is 3.82. The molecule has 0 atom stereocenters. The Labute approximate surface area is 127 Å².